The molecule has 1 saturated heterocycles. The fraction of sp³-hybridized carbons (Fsp3) is 0.440. The molecule has 0 spiro atoms. The van der Waals surface area contributed by atoms with Crippen LogP contribution in [0, 0.1) is 0 Å². The van der Waals surface area contributed by atoms with Crippen molar-refractivity contribution in [2.45, 2.75) is 51.9 Å². The van der Waals surface area contributed by atoms with Crippen LogP contribution in [0.1, 0.15) is 62.4 Å². The van der Waals surface area contributed by atoms with Gasteiger partial charge >= 0.3 is 0 Å². The van der Waals surface area contributed by atoms with E-state index in [-0.39, 0.29) is 23.7 Å². The highest BCUT2D eigenvalue weighted by Crippen LogP contribution is 2.23. The molecule has 3 rings (SSSR count). The zero-order valence-electron chi connectivity index (χ0n) is 18.3. The molecule has 0 bridgehead atoms. The van der Waals surface area contributed by atoms with E-state index in [4.69, 9.17) is 0 Å². The van der Waals surface area contributed by atoms with Crippen LogP contribution in [-0.2, 0) is 10.2 Å². The molecule has 1 aliphatic rings. The highest BCUT2D eigenvalue weighted by atomic mass is 16.2. The van der Waals surface area contributed by atoms with Crippen LogP contribution in [0.3, 0.4) is 0 Å². The first kappa shape index (κ1) is 21.9. The Kier molecular flexibility index (Phi) is 7.14. The molecule has 0 atom stereocenters. The molecule has 1 aliphatic heterocycles. The minimum Gasteiger partial charge on any atom is -0.372 e. The van der Waals surface area contributed by atoms with E-state index in [0.717, 1.165) is 18.8 Å². The lowest BCUT2D eigenvalue weighted by Crippen LogP contribution is -2.29. The first-order chi connectivity index (χ1) is 14.3. The highest BCUT2D eigenvalue weighted by Gasteiger charge is 2.14. The van der Waals surface area contributed by atoms with Crippen LogP contribution in [0.15, 0.2) is 48.5 Å². The number of nitrogens with one attached hydrogen (secondary N) is 2. The summed E-state index contributed by atoms with van der Waals surface area (Å²) in [6, 6.07) is 15.6. The molecule has 1 heterocycles. The van der Waals surface area contributed by atoms with Gasteiger partial charge in [0.1, 0.15) is 0 Å². The number of nitrogens with zero attached hydrogens (tertiary/aromatic N) is 1. The summed E-state index contributed by atoms with van der Waals surface area (Å²) < 4.78 is 0. The number of hydrogen-bond donors (Lipinski definition) is 2. The van der Waals surface area contributed by atoms with E-state index < -0.39 is 0 Å². The van der Waals surface area contributed by atoms with Crippen molar-refractivity contribution in [1.82, 2.24) is 5.32 Å². The SMILES string of the molecule is CC(C)(C)c1ccc(C(=O)NCCC(=O)Nc2ccc(N3CCCCC3)cc2)cc1. The van der Waals surface area contributed by atoms with E-state index in [0.29, 0.717) is 12.1 Å². The maximum atomic E-state index is 12.3. The van der Waals surface area contributed by atoms with E-state index in [1.54, 1.807) is 0 Å². The van der Waals surface area contributed by atoms with Crippen LogP contribution in [0.5, 0.6) is 0 Å². The number of piperidine rings is 1. The van der Waals surface area contributed by atoms with Gasteiger partial charge < -0.3 is 15.5 Å². The van der Waals surface area contributed by atoms with E-state index in [1.165, 1.54) is 30.5 Å². The van der Waals surface area contributed by atoms with E-state index in [9.17, 15) is 9.59 Å². The Morgan fingerprint density at radius 2 is 1.53 bits per heavy atom. The fourth-order valence-electron chi connectivity index (χ4n) is 3.64. The molecule has 2 amide bonds. The molecule has 30 heavy (non-hydrogen) atoms. The highest BCUT2D eigenvalue weighted by molar-refractivity contribution is 5.95. The Bertz CT molecular complexity index is 845. The van der Waals surface area contributed by atoms with Gasteiger partial charge in [0.15, 0.2) is 0 Å². The summed E-state index contributed by atoms with van der Waals surface area (Å²) in [4.78, 5) is 26.9. The average molecular weight is 408 g/mol. The van der Waals surface area contributed by atoms with Crippen molar-refractivity contribution in [3.05, 3.63) is 59.7 Å². The summed E-state index contributed by atoms with van der Waals surface area (Å²) in [6.45, 7) is 8.93. The molecule has 2 N–H and O–H groups in total. The Morgan fingerprint density at radius 1 is 0.900 bits per heavy atom. The zero-order valence-corrected chi connectivity index (χ0v) is 18.3. The normalized spacial score (nSPS) is 14.3. The Morgan fingerprint density at radius 3 is 2.13 bits per heavy atom. The molecule has 0 saturated carbocycles. The number of anilines is 2. The second-order valence-corrected chi connectivity index (χ2v) is 8.98. The third kappa shape index (κ3) is 6.09. The number of carbonyl (C=O) groups excluding carboxylic acids is 2. The largest absolute Gasteiger partial charge is 0.372 e. The van der Waals surface area contributed by atoms with Crippen molar-refractivity contribution >= 4 is 23.2 Å². The van der Waals surface area contributed by atoms with E-state index >= 15 is 0 Å². The molecule has 0 radical (unpaired) electrons. The molecule has 0 aromatic heterocycles. The van der Waals surface area contributed by atoms with Crippen molar-refractivity contribution in [3.8, 4) is 0 Å². The predicted octanol–water partition coefficient (Wildman–Crippen LogP) is 4.73. The summed E-state index contributed by atoms with van der Waals surface area (Å²) in [5, 5.41) is 5.72. The third-order valence-corrected chi connectivity index (χ3v) is 5.52. The van der Waals surface area contributed by atoms with Crippen LogP contribution in [0.4, 0.5) is 11.4 Å². The molecule has 0 unspecified atom stereocenters. The standard InChI is InChI=1S/C25H33N3O2/c1-25(2,3)20-9-7-19(8-10-20)24(30)26-16-15-23(29)27-21-11-13-22(14-12-21)28-17-5-4-6-18-28/h7-14H,4-6,15-18H2,1-3H3,(H,26,30)(H,27,29). The minimum absolute atomic E-state index is 0.0546. The second kappa shape index (κ2) is 9.79. The fourth-order valence-corrected chi connectivity index (χ4v) is 3.64. The van der Waals surface area contributed by atoms with Gasteiger partial charge in [-0.05, 0) is 66.6 Å². The van der Waals surface area contributed by atoms with Gasteiger partial charge in [0, 0.05) is 43.0 Å². The van der Waals surface area contributed by atoms with Crippen LogP contribution in [-0.4, -0.2) is 31.4 Å². The first-order valence-corrected chi connectivity index (χ1v) is 10.9. The van der Waals surface area contributed by atoms with Crippen molar-refractivity contribution in [3.63, 3.8) is 0 Å². The van der Waals surface area contributed by atoms with Gasteiger partial charge in [0.2, 0.25) is 5.91 Å². The quantitative estimate of drug-likeness (QED) is 0.727. The molecule has 160 valence electrons. The minimum atomic E-state index is -0.158. The Hall–Kier alpha value is -2.82. The number of hydrogen-bond acceptors (Lipinski definition) is 3. The molecule has 5 heteroatoms. The molecule has 2 aromatic carbocycles. The van der Waals surface area contributed by atoms with E-state index in [2.05, 4.69) is 48.4 Å². The molecular formula is C25H33N3O2. The van der Waals surface area contributed by atoms with Gasteiger partial charge in [-0.3, -0.25) is 9.59 Å². The Labute approximate surface area is 179 Å². The van der Waals surface area contributed by atoms with Gasteiger partial charge in [-0.2, -0.15) is 0 Å². The van der Waals surface area contributed by atoms with Gasteiger partial charge in [0.05, 0.1) is 0 Å². The van der Waals surface area contributed by atoms with Crippen LogP contribution in [0.25, 0.3) is 0 Å². The third-order valence-electron chi connectivity index (χ3n) is 5.52. The number of rotatable bonds is 6. The van der Waals surface area contributed by atoms with Gasteiger partial charge in [-0.15, -0.1) is 0 Å². The average Bonchev–Trinajstić information content (AvgIpc) is 2.74. The van der Waals surface area contributed by atoms with Gasteiger partial charge in [-0.25, -0.2) is 0 Å². The number of carbonyl (C=O) groups is 2. The van der Waals surface area contributed by atoms with Crippen molar-refractivity contribution in [1.29, 1.82) is 0 Å². The first-order valence-electron chi connectivity index (χ1n) is 10.9. The summed E-state index contributed by atoms with van der Waals surface area (Å²) >= 11 is 0. The molecule has 1 fully saturated rings. The predicted molar refractivity (Wildman–Crippen MR) is 123 cm³/mol. The lowest BCUT2D eigenvalue weighted by molar-refractivity contribution is -0.116. The maximum Gasteiger partial charge on any atom is 0.251 e. The number of amides is 2. The summed E-state index contributed by atoms with van der Waals surface area (Å²) in [5.74, 6) is -0.266. The topological polar surface area (TPSA) is 61.4 Å². The lowest BCUT2D eigenvalue weighted by Gasteiger charge is -2.28. The van der Waals surface area contributed by atoms with Gasteiger partial charge in [-0.1, -0.05) is 32.9 Å². The maximum absolute atomic E-state index is 12.3. The molecular weight excluding hydrogens is 374 g/mol. The smallest absolute Gasteiger partial charge is 0.251 e. The molecule has 2 aromatic rings. The van der Waals surface area contributed by atoms with Crippen molar-refractivity contribution in [2.24, 2.45) is 0 Å². The molecule has 5 nitrogen and oxygen atoms in total. The summed E-state index contributed by atoms with van der Waals surface area (Å²) in [5.41, 5.74) is 3.84. The monoisotopic (exact) mass is 407 g/mol. The van der Waals surface area contributed by atoms with Crippen LogP contribution in [0.2, 0.25) is 0 Å². The van der Waals surface area contributed by atoms with E-state index in [1.807, 2.05) is 36.4 Å². The zero-order chi connectivity index (χ0) is 21.6. The van der Waals surface area contributed by atoms with Crippen molar-refractivity contribution < 1.29 is 9.59 Å². The van der Waals surface area contributed by atoms with Gasteiger partial charge in [0.25, 0.3) is 5.91 Å². The number of benzene rings is 2. The lowest BCUT2D eigenvalue weighted by atomic mass is 9.87. The Balaban J connectivity index is 1.42. The van der Waals surface area contributed by atoms with Crippen molar-refractivity contribution in [2.75, 3.05) is 29.9 Å². The van der Waals surface area contributed by atoms with Crippen LogP contribution < -0.4 is 15.5 Å². The molecule has 0 aliphatic carbocycles. The second-order valence-electron chi connectivity index (χ2n) is 8.98. The summed E-state index contributed by atoms with van der Waals surface area (Å²) in [7, 11) is 0. The van der Waals surface area contributed by atoms with Crippen LogP contribution >= 0.6 is 0 Å². The summed E-state index contributed by atoms with van der Waals surface area (Å²) in [6.07, 6.45) is 4.03.